The molecule has 0 amide bonds. The predicted octanol–water partition coefficient (Wildman–Crippen LogP) is 1.32. The fraction of sp³-hybridized carbons (Fsp3) is 0.125. The Balaban J connectivity index is 2.84. The molecular formula is C8H6ClN3O2. The average Bonchev–Trinajstić information content (AvgIpc) is 2.44. The van der Waals surface area contributed by atoms with Crippen molar-refractivity contribution in [2.75, 3.05) is 0 Å². The van der Waals surface area contributed by atoms with Crippen LogP contribution in [0.15, 0.2) is 12.4 Å². The van der Waals surface area contributed by atoms with Gasteiger partial charge in [-0.2, -0.15) is 4.98 Å². The predicted molar refractivity (Wildman–Crippen MR) is 50.5 cm³/mol. The minimum atomic E-state index is -0.999. The number of halogens is 1. The second-order valence-electron chi connectivity index (χ2n) is 2.84. The van der Waals surface area contributed by atoms with E-state index >= 15 is 0 Å². The van der Waals surface area contributed by atoms with Gasteiger partial charge >= 0.3 is 5.97 Å². The number of carbonyl (C=O) groups is 1. The molecule has 0 bridgehead atoms. The third kappa shape index (κ3) is 1.22. The van der Waals surface area contributed by atoms with Crippen molar-refractivity contribution in [3.8, 4) is 0 Å². The highest BCUT2D eigenvalue weighted by atomic mass is 35.5. The summed E-state index contributed by atoms with van der Waals surface area (Å²) in [5.74, 6) is -0.999. The van der Waals surface area contributed by atoms with Gasteiger partial charge in [0.1, 0.15) is 5.65 Å². The van der Waals surface area contributed by atoms with Gasteiger partial charge in [-0.15, -0.1) is 0 Å². The number of aromatic carboxylic acids is 1. The first-order valence-electron chi connectivity index (χ1n) is 3.80. The Labute approximate surface area is 84.0 Å². The van der Waals surface area contributed by atoms with Crippen LogP contribution in [-0.4, -0.2) is 25.6 Å². The first kappa shape index (κ1) is 8.96. The van der Waals surface area contributed by atoms with Crippen LogP contribution in [0, 0.1) is 0 Å². The van der Waals surface area contributed by atoms with E-state index in [-0.39, 0.29) is 10.8 Å². The lowest BCUT2D eigenvalue weighted by molar-refractivity contribution is 0.0699. The molecule has 0 aliphatic heterocycles. The maximum Gasteiger partial charge on any atom is 0.337 e. The molecule has 0 radical (unpaired) electrons. The number of carboxylic acid groups (broad SMARTS) is 1. The second kappa shape index (κ2) is 2.95. The molecule has 0 saturated heterocycles. The van der Waals surface area contributed by atoms with Gasteiger partial charge in [-0.1, -0.05) is 0 Å². The fourth-order valence-corrected chi connectivity index (χ4v) is 1.43. The van der Waals surface area contributed by atoms with E-state index in [1.807, 2.05) is 0 Å². The number of nitrogens with zero attached hydrogens (tertiary/aromatic N) is 3. The molecule has 5 nitrogen and oxygen atoms in total. The summed E-state index contributed by atoms with van der Waals surface area (Å²) in [6.07, 6.45) is 2.89. The van der Waals surface area contributed by atoms with Crippen molar-refractivity contribution in [2.45, 2.75) is 0 Å². The van der Waals surface area contributed by atoms with Crippen LogP contribution in [0.1, 0.15) is 10.4 Å². The zero-order chi connectivity index (χ0) is 10.3. The van der Waals surface area contributed by atoms with Gasteiger partial charge < -0.3 is 9.67 Å². The van der Waals surface area contributed by atoms with Gasteiger partial charge in [0.05, 0.1) is 10.9 Å². The number of fused-ring (bicyclic) bond motifs is 1. The van der Waals surface area contributed by atoms with Crippen LogP contribution < -0.4 is 0 Å². The largest absolute Gasteiger partial charge is 0.478 e. The zero-order valence-electron chi connectivity index (χ0n) is 7.23. The standard InChI is InChI=1S/C8H6ClN3O2/c1-12-3-5(7(13)14)4-2-10-8(9)11-6(4)12/h2-3H,1H3,(H,13,14). The summed E-state index contributed by atoms with van der Waals surface area (Å²) in [4.78, 5) is 18.5. The molecule has 72 valence electrons. The van der Waals surface area contributed by atoms with Crippen LogP contribution in [0.3, 0.4) is 0 Å². The number of aryl methyl sites for hydroxylation is 1. The van der Waals surface area contributed by atoms with E-state index in [0.717, 1.165) is 0 Å². The van der Waals surface area contributed by atoms with E-state index in [1.54, 1.807) is 11.6 Å². The third-order valence-corrected chi connectivity index (χ3v) is 2.10. The summed E-state index contributed by atoms with van der Waals surface area (Å²) in [7, 11) is 1.71. The maximum atomic E-state index is 10.8. The molecule has 0 aliphatic carbocycles. The van der Waals surface area contributed by atoms with Gasteiger partial charge in [0.25, 0.3) is 0 Å². The average molecular weight is 212 g/mol. The van der Waals surface area contributed by atoms with Crippen molar-refractivity contribution in [3.63, 3.8) is 0 Å². The molecule has 0 saturated carbocycles. The van der Waals surface area contributed by atoms with E-state index in [0.29, 0.717) is 11.0 Å². The molecule has 0 spiro atoms. The number of aromatic nitrogens is 3. The molecule has 6 heteroatoms. The fourth-order valence-electron chi connectivity index (χ4n) is 1.31. The Morgan fingerprint density at radius 2 is 2.36 bits per heavy atom. The minimum absolute atomic E-state index is 0.107. The molecule has 2 aromatic heterocycles. The van der Waals surface area contributed by atoms with Crippen LogP contribution in [0.2, 0.25) is 5.28 Å². The molecule has 0 unspecified atom stereocenters. The molecule has 1 N–H and O–H groups in total. The topological polar surface area (TPSA) is 68.0 Å². The van der Waals surface area contributed by atoms with Crippen LogP contribution >= 0.6 is 11.6 Å². The highest BCUT2D eigenvalue weighted by molar-refractivity contribution is 6.28. The molecule has 2 aromatic rings. The van der Waals surface area contributed by atoms with E-state index in [9.17, 15) is 4.79 Å². The van der Waals surface area contributed by atoms with Crippen molar-refractivity contribution in [3.05, 3.63) is 23.2 Å². The maximum absolute atomic E-state index is 10.8. The Hall–Kier alpha value is -1.62. The Morgan fingerprint density at radius 1 is 1.64 bits per heavy atom. The van der Waals surface area contributed by atoms with Crippen LogP contribution in [0.4, 0.5) is 0 Å². The number of carboxylic acids is 1. The Morgan fingerprint density at radius 3 is 3.00 bits per heavy atom. The second-order valence-corrected chi connectivity index (χ2v) is 3.17. The quantitative estimate of drug-likeness (QED) is 0.723. The van der Waals surface area contributed by atoms with Crippen molar-refractivity contribution in [1.29, 1.82) is 0 Å². The first-order valence-corrected chi connectivity index (χ1v) is 4.18. The van der Waals surface area contributed by atoms with E-state index in [1.165, 1.54) is 12.4 Å². The highest BCUT2D eigenvalue weighted by Gasteiger charge is 2.14. The summed E-state index contributed by atoms with van der Waals surface area (Å²) in [5, 5.41) is 9.46. The Bertz CT molecular complexity index is 521. The summed E-state index contributed by atoms with van der Waals surface area (Å²) < 4.78 is 1.60. The van der Waals surface area contributed by atoms with Gasteiger partial charge in [0.15, 0.2) is 0 Å². The van der Waals surface area contributed by atoms with E-state index < -0.39 is 5.97 Å². The minimum Gasteiger partial charge on any atom is -0.478 e. The summed E-state index contributed by atoms with van der Waals surface area (Å²) in [6, 6.07) is 0. The Kier molecular flexibility index (Phi) is 1.89. The van der Waals surface area contributed by atoms with Crippen LogP contribution in [-0.2, 0) is 7.05 Å². The molecule has 2 heterocycles. The smallest absolute Gasteiger partial charge is 0.337 e. The number of hydrogen-bond donors (Lipinski definition) is 1. The van der Waals surface area contributed by atoms with Crippen LogP contribution in [0.25, 0.3) is 11.0 Å². The lowest BCUT2D eigenvalue weighted by Crippen LogP contribution is -1.94. The molecular weight excluding hydrogens is 206 g/mol. The number of rotatable bonds is 1. The monoisotopic (exact) mass is 211 g/mol. The van der Waals surface area contributed by atoms with Crippen LogP contribution in [0.5, 0.6) is 0 Å². The molecule has 0 fully saturated rings. The highest BCUT2D eigenvalue weighted by Crippen LogP contribution is 2.18. The summed E-state index contributed by atoms with van der Waals surface area (Å²) >= 11 is 5.60. The van der Waals surface area contributed by atoms with Gasteiger partial charge in [0.2, 0.25) is 5.28 Å². The van der Waals surface area contributed by atoms with Gasteiger partial charge in [-0.25, -0.2) is 9.78 Å². The summed E-state index contributed by atoms with van der Waals surface area (Å²) in [5.41, 5.74) is 0.696. The summed E-state index contributed by atoms with van der Waals surface area (Å²) in [6.45, 7) is 0. The molecule has 0 aliphatic rings. The van der Waals surface area contributed by atoms with E-state index in [2.05, 4.69) is 9.97 Å². The van der Waals surface area contributed by atoms with Gasteiger partial charge in [-0.3, -0.25) is 0 Å². The normalized spacial score (nSPS) is 10.7. The molecule has 2 rings (SSSR count). The lowest BCUT2D eigenvalue weighted by atomic mass is 10.2. The van der Waals surface area contributed by atoms with Gasteiger partial charge in [-0.05, 0) is 11.6 Å². The van der Waals surface area contributed by atoms with E-state index in [4.69, 9.17) is 16.7 Å². The number of hydrogen-bond acceptors (Lipinski definition) is 3. The molecule has 14 heavy (non-hydrogen) atoms. The first-order chi connectivity index (χ1) is 6.59. The van der Waals surface area contributed by atoms with Crippen molar-refractivity contribution >= 4 is 28.6 Å². The SMILES string of the molecule is Cn1cc(C(=O)O)c2cnc(Cl)nc21. The van der Waals surface area contributed by atoms with Crippen molar-refractivity contribution < 1.29 is 9.90 Å². The van der Waals surface area contributed by atoms with Crippen molar-refractivity contribution in [1.82, 2.24) is 14.5 Å². The van der Waals surface area contributed by atoms with Crippen molar-refractivity contribution in [2.24, 2.45) is 7.05 Å². The third-order valence-electron chi connectivity index (χ3n) is 1.92. The molecule has 0 aromatic carbocycles. The lowest BCUT2D eigenvalue weighted by Gasteiger charge is -1.93. The van der Waals surface area contributed by atoms with Gasteiger partial charge in [0, 0.05) is 19.4 Å². The zero-order valence-corrected chi connectivity index (χ0v) is 7.99. The molecule has 0 atom stereocenters.